The Morgan fingerprint density at radius 1 is 1.22 bits per heavy atom. The van der Waals surface area contributed by atoms with Gasteiger partial charge in [-0.3, -0.25) is 15.1 Å². The van der Waals surface area contributed by atoms with Gasteiger partial charge in [0, 0.05) is 11.6 Å². The molecule has 0 atom stereocenters. The summed E-state index contributed by atoms with van der Waals surface area (Å²) >= 11 is 2.80. The van der Waals surface area contributed by atoms with E-state index in [1.165, 1.54) is 22.7 Å². The molecule has 0 saturated carbocycles. The maximum absolute atomic E-state index is 12.5. The molecule has 0 spiro atoms. The highest BCUT2D eigenvalue weighted by molar-refractivity contribution is 7.15. The highest BCUT2D eigenvalue weighted by Crippen LogP contribution is 2.27. The van der Waals surface area contributed by atoms with Crippen molar-refractivity contribution in [2.24, 2.45) is 0 Å². The van der Waals surface area contributed by atoms with Gasteiger partial charge < -0.3 is 0 Å². The van der Waals surface area contributed by atoms with Gasteiger partial charge in [0.25, 0.3) is 5.91 Å². The predicted molar refractivity (Wildman–Crippen MR) is 94.2 cm³/mol. The quantitative estimate of drug-likeness (QED) is 0.764. The number of hydrogen-bond donors (Lipinski definition) is 1. The average molecular weight is 344 g/mol. The molecule has 5 nitrogen and oxygen atoms in total. The van der Waals surface area contributed by atoms with Crippen LogP contribution in [0.15, 0.2) is 29.8 Å². The second-order valence-corrected chi connectivity index (χ2v) is 7.37. The Balaban J connectivity index is 1.80. The number of carbonyl (C=O) groups is 1. The molecule has 23 heavy (non-hydrogen) atoms. The lowest BCUT2D eigenvalue weighted by Gasteiger charge is -2.04. The van der Waals surface area contributed by atoms with Gasteiger partial charge >= 0.3 is 0 Å². The number of carbonyl (C=O) groups excluding carboxylic acids is 1. The van der Waals surface area contributed by atoms with E-state index in [-0.39, 0.29) is 11.8 Å². The van der Waals surface area contributed by atoms with Crippen molar-refractivity contribution in [1.82, 2.24) is 15.0 Å². The van der Waals surface area contributed by atoms with Crippen LogP contribution in [0.4, 0.5) is 5.13 Å². The van der Waals surface area contributed by atoms with Gasteiger partial charge in [-0.15, -0.1) is 22.7 Å². The van der Waals surface area contributed by atoms with E-state index in [2.05, 4.69) is 20.3 Å². The van der Waals surface area contributed by atoms with Crippen molar-refractivity contribution in [3.63, 3.8) is 0 Å². The average Bonchev–Trinajstić information content (AvgIpc) is 3.15. The molecular weight excluding hydrogens is 328 g/mol. The molecule has 0 aromatic carbocycles. The van der Waals surface area contributed by atoms with Crippen LogP contribution in [0, 0.1) is 6.92 Å². The Morgan fingerprint density at radius 3 is 2.74 bits per heavy atom. The summed E-state index contributed by atoms with van der Waals surface area (Å²) in [7, 11) is 0. The van der Waals surface area contributed by atoms with Crippen molar-refractivity contribution >= 4 is 33.7 Å². The lowest BCUT2D eigenvalue weighted by molar-refractivity contribution is 0.102. The molecule has 0 unspecified atom stereocenters. The topological polar surface area (TPSA) is 67.8 Å². The Morgan fingerprint density at radius 2 is 2.04 bits per heavy atom. The minimum Gasteiger partial charge on any atom is -0.297 e. The van der Waals surface area contributed by atoms with Crippen LogP contribution in [-0.2, 0) is 0 Å². The summed E-state index contributed by atoms with van der Waals surface area (Å²) in [4.78, 5) is 26.3. The number of hydrogen-bond acceptors (Lipinski definition) is 6. The van der Waals surface area contributed by atoms with Crippen molar-refractivity contribution in [2.45, 2.75) is 26.7 Å². The van der Waals surface area contributed by atoms with Gasteiger partial charge in [-0.05, 0) is 25.0 Å². The van der Waals surface area contributed by atoms with Crippen molar-refractivity contribution in [1.29, 1.82) is 0 Å². The Kier molecular flexibility index (Phi) is 4.49. The third kappa shape index (κ3) is 3.46. The number of aryl methyl sites for hydroxylation is 1. The van der Waals surface area contributed by atoms with Crippen LogP contribution in [-0.4, -0.2) is 20.9 Å². The first kappa shape index (κ1) is 15.8. The maximum Gasteiger partial charge on any atom is 0.269 e. The number of nitrogens with one attached hydrogen (secondary N) is 1. The molecule has 3 rings (SSSR count). The third-order valence-electron chi connectivity index (χ3n) is 3.17. The van der Waals surface area contributed by atoms with Gasteiger partial charge in [0.05, 0.1) is 16.4 Å². The van der Waals surface area contributed by atoms with Crippen LogP contribution >= 0.6 is 22.7 Å². The number of nitrogens with zero attached hydrogens (tertiary/aromatic N) is 3. The molecule has 118 valence electrons. The van der Waals surface area contributed by atoms with Gasteiger partial charge in [-0.2, -0.15) is 0 Å². The van der Waals surface area contributed by atoms with E-state index in [9.17, 15) is 4.79 Å². The van der Waals surface area contributed by atoms with Crippen LogP contribution in [0.2, 0.25) is 0 Å². The summed E-state index contributed by atoms with van der Waals surface area (Å²) in [6.07, 6.45) is 1.72. The fourth-order valence-electron chi connectivity index (χ4n) is 2.11. The molecule has 3 aromatic heterocycles. The number of rotatable bonds is 4. The van der Waals surface area contributed by atoms with E-state index in [1.54, 1.807) is 6.20 Å². The van der Waals surface area contributed by atoms with Crippen molar-refractivity contribution in [2.75, 3.05) is 5.32 Å². The lowest BCUT2D eigenvalue weighted by atomic mass is 10.1. The fourth-order valence-corrected chi connectivity index (χ4v) is 3.78. The van der Waals surface area contributed by atoms with Gasteiger partial charge in [0.1, 0.15) is 10.6 Å². The summed E-state index contributed by atoms with van der Waals surface area (Å²) in [5, 5.41) is 6.22. The van der Waals surface area contributed by atoms with Crippen LogP contribution < -0.4 is 5.32 Å². The Labute approximate surface area is 142 Å². The summed E-state index contributed by atoms with van der Waals surface area (Å²) in [5.74, 6) is 0.0577. The van der Waals surface area contributed by atoms with Crippen molar-refractivity contribution < 1.29 is 4.79 Å². The largest absolute Gasteiger partial charge is 0.297 e. The van der Waals surface area contributed by atoms with Crippen molar-refractivity contribution in [3.8, 4) is 11.4 Å². The van der Waals surface area contributed by atoms with E-state index >= 15 is 0 Å². The molecule has 7 heteroatoms. The lowest BCUT2D eigenvalue weighted by Crippen LogP contribution is -2.12. The molecule has 3 heterocycles. The molecule has 1 amide bonds. The van der Waals surface area contributed by atoms with E-state index < -0.39 is 0 Å². The maximum atomic E-state index is 12.5. The zero-order chi connectivity index (χ0) is 16.4. The van der Waals surface area contributed by atoms with Gasteiger partial charge in [0.2, 0.25) is 0 Å². The van der Waals surface area contributed by atoms with E-state index in [0.717, 1.165) is 22.1 Å². The number of pyridine rings is 1. The zero-order valence-electron chi connectivity index (χ0n) is 13.0. The van der Waals surface area contributed by atoms with Crippen LogP contribution in [0.3, 0.4) is 0 Å². The molecule has 0 bridgehead atoms. The molecule has 0 fully saturated rings. The number of amides is 1. The standard InChI is InChI=1S/C16H16N4OS2/c1-9(2)13-14(23-10(3)18-13)15(21)20-16-19-12(8-22-16)11-6-4-5-7-17-11/h4-9H,1-3H3,(H,19,20,21). The first-order valence-corrected chi connectivity index (χ1v) is 8.90. The number of thiazole rings is 2. The molecular formula is C16H16N4OS2. The third-order valence-corrected chi connectivity index (χ3v) is 4.91. The summed E-state index contributed by atoms with van der Waals surface area (Å²) in [5.41, 5.74) is 2.39. The second kappa shape index (κ2) is 6.55. The molecule has 0 saturated heterocycles. The zero-order valence-corrected chi connectivity index (χ0v) is 14.7. The van der Waals surface area contributed by atoms with Crippen molar-refractivity contribution in [3.05, 3.63) is 45.4 Å². The van der Waals surface area contributed by atoms with E-state index in [0.29, 0.717) is 10.0 Å². The smallest absolute Gasteiger partial charge is 0.269 e. The van der Waals surface area contributed by atoms with E-state index in [4.69, 9.17) is 0 Å². The van der Waals surface area contributed by atoms with Crippen LogP contribution in [0.5, 0.6) is 0 Å². The molecule has 0 radical (unpaired) electrons. The second-order valence-electron chi connectivity index (χ2n) is 5.31. The molecule has 0 aliphatic rings. The Bertz CT molecular complexity index is 824. The number of anilines is 1. The highest BCUT2D eigenvalue weighted by Gasteiger charge is 2.20. The first-order chi connectivity index (χ1) is 11.0. The summed E-state index contributed by atoms with van der Waals surface area (Å²) in [6, 6.07) is 5.66. The normalized spacial score (nSPS) is 11.0. The minimum absolute atomic E-state index is 0.152. The monoisotopic (exact) mass is 344 g/mol. The van der Waals surface area contributed by atoms with Crippen LogP contribution in [0.1, 0.15) is 40.1 Å². The summed E-state index contributed by atoms with van der Waals surface area (Å²) in [6.45, 7) is 5.98. The fraction of sp³-hybridized carbons (Fsp3) is 0.250. The molecule has 0 aliphatic carbocycles. The predicted octanol–water partition coefficient (Wildman–Crippen LogP) is 4.35. The van der Waals surface area contributed by atoms with Crippen LogP contribution in [0.25, 0.3) is 11.4 Å². The molecule has 0 aliphatic heterocycles. The van der Waals surface area contributed by atoms with Gasteiger partial charge in [0.15, 0.2) is 5.13 Å². The summed E-state index contributed by atoms with van der Waals surface area (Å²) < 4.78 is 0. The Hall–Kier alpha value is -2.12. The molecule has 1 N–H and O–H groups in total. The SMILES string of the molecule is Cc1nc(C(C)C)c(C(=O)Nc2nc(-c3ccccn3)cs2)s1. The highest BCUT2D eigenvalue weighted by atomic mass is 32.1. The first-order valence-electron chi connectivity index (χ1n) is 7.20. The minimum atomic E-state index is -0.152. The van der Waals surface area contributed by atoms with Gasteiger partial charge in [-0.25, -0.2) is 9.97 Å². The number of aromatic nitrogens is 3. The van der Waals surface area contributed by atoms with E-state index in [1.807, 2.05) is 44.4 Å². The molecule has 3 aromatic rings. The van der Waals surface area contributed by atoms with Gasteiger partial charge in [-0.1, -0.05) is 19.9 Å².